The van der Waals surface area contributed by atoms with Crippen LogP contribution in [0.25, 0.3) is 11.2 Å². The number of H-pyrrole nitrogens is 1. The normalized spacial score (nSPS) is 20.4. The second-order valence-corrected chi connectivity index (χ2v) is 5.33. The van der Waals surface area contributed by atoms with Crippen molar-refractivity contribution in [2.24, 2.45) is 5.92 Å². The van der Waals surface area contributed by atoms with Crippen LogP contribution < -0.4 is 0 Å². The van der Waals surface area contributed by atoms with Gasteiger partial charge < -0.3 is 14.3 Å². The summed E-state index contributed by atoms with van der Waals surface area (Å²) in [6.07, 6.45) is 2.35. The molecular formula is C13H17N3OS. The zero-order valence-electron chi connectivity index (χ0n) is 10.5. The van der Waals surface area contributed by atoms with Crippen LogP contribution in [0.3, 0.4) is 0 Å². The lowest BCUT2D eigenvalue weighted by Gasteiger charge is -2.22. The summed E-state index contributed by atoms with van der Waals surface area (Å²) in [5.74, 6) is 0.548. The Bertz CT molecular complexity index is 610. The second-order valence-electron chi connectivity index (χ2n) is 4.95. The van der Waals surface area contributed by atoms with Gasteiger partial charge in [-0.1, -0.05) is 0 Å². The average molecular weight is 263 g/mol. The number of fused-ring (bicyclic) bond motifs is 1. The van der Waals surface area contributed by atoms with E-state index in [1.807, 2.05) is 19.1 Å². The summed E-state index contributed by atoms with van der Waals surface area (Å²) in [6, 6.07) is 4.04. The molecule has 1 N–H and O–H groups in total. The van der Waals surface area contributed by atoms with Crippen molar-refractivity contribution in [2.45, 2.75) is 26.3 Å². The highest BCUT2D eigenvalue weighted by molar-refractivity contribution is 7.71. The second kappa shape index (κ2) is 4.82. The molecule has 96 valence electrons. The number of nitrogens with one attached hydrogen (secondary N) is 1. The van der Waals surface area contributed by atoms with Gasteiger partial charge in [0.1, 0.15) is 0 Å². The fourth-order valence-corrected chi connectivity index (χ4v) is 2.78. The number of hydrogen-bond acceptors (Lipinski definition) is 3. The van der Waals surface area contributed by atoms with Crippen LogP contribution in [0.15, 0.2) is 12.1 Å². The fourth-order valence-electron chi connectivity index (χ4n) is 2.50. The molecule has 2 aromatic rings. The van der Waals surface area contributed by atoms with Crippen molar-refractivity contribution in [1.29, 1.82) is 0 Å². The van der Waals surface area contributed by atoms with Gasteiger partial charge in [0.2, 0.25) is 0 Å². The molecule has 4 nitrogen and oxygen atoms in total. The summed E-state index contributed by atoms with van der Waals surface area (Å²) in [5, 5.41) is 0. The third-order valence-electron chi connectivity index (χ3n) is 3.45. The molecule has 1 saturated heterocycles. The van der Waals surface area contributed by atoms with Crippen LogP contribution in [-0.2, 0) is 11.3 Å². The molecule has 5 heteroatoms. The minimum absolute atomic E-state index is 0.548. The Morgan fingerprint density at radius 1 is 1.56 bits per heavy atom. The van der Waals surface area contributed by atoms with E-state index in [9.17, 15) is 0 Å². The topological polar surface area (TPSA) is 42.8 Å². The van der Waals surface area contributed by atoms with Gasteiger partial charge in [-0.15, -0.1) is 0 Å². The lowest BCUT2D eigenvalue weighted by molar-refractivity contribution is 0.0486. The number of ether oxygens (including phenoxy) is 1. The van der Waals surface area contributed by atoms with Crippen LogP contribution >= 0.6 is 12.2 Å². The van der Waals surface area contributed by atoms with E-state index in [0.717, 1.165) is 47.8 Å². The van der Waals surface area contributed by atoms with Crippen molar-refractivity contribution in [2.75, 3.05) is 13.2 Å². The molecule has 0 spiro atoms. The first-order chi connectivity index (χ1) is 8.74. The van der Waals surface area contributed by atoms with E-state index < -0.39 is 0 Å². The maximum atomic E-state index is 5.53. The molecule has 18 heavy (non-hydrogen) atoms. The molecule has 0 saturated carbocycles. The average Bonchev–Trinajstić information content (AvgIpc) is 2.67. The predicted molar refractivity (Wildman–Crippen MR) is 73.2 cm³/mol. The maximum Gasteiger partial charge on any atom is 0.179 e. The first kappa shape index (κ1) is 11.9. The highest BCUT2D eigenvalue weighted by atomic mass is 32.1. The number of rotatable bonds is 2. The van der Waals surface area contributed by atoms with E-state index in [0.29, 0.717) is 5.92 Å². The number of hydrogen-bond donors (Lipinski definition) is 1. The predicted octanol–water partition coefficient (Wildman–Crippen LogP) is 2.83. The highest BCUT2D eigenvalue weighted by Gasteiger charge is 2.16. The van der Waals surface area contributed by atoms with Gasteiger partial charge in [0.25, 0.3) is 0 Å². The zero-order valence-corrected chi connectivity index (χ0v) is 11.3. The number of nitrogens with zero attached hydrogens (tertiary/aromatic N) is 2. The van der Waals surface area contributed by atoms with E-state index in [4.69, 9.17) is 17.0 Å². The summed E-state index contributed by atoms with van der Waals surface area (Å²) in [4.78, 5) is 7.80. The van der Waals surface area contributed by atoms with E-state index in [1.165, 1.54) is 6.42 Å². The van der Waals surface area contributed by atoms with Gasteiger partial charge in [0, 0.05) is 24.8 Å². The summed E-state index contributed by atoms with van der Waals surface area (Å²) in [5.41, 5.74) is 3.00. The molecule has 2 aromatic heterocycles. The molecule has 1 atom stereocenters. The summed E-state index contributed by atoms with van der Waals surface area (Å²) in [7, 11) is 0. The molecular weight excluding hydrogens is 246 g/mol. The smallest absolute Gasteiger partial charge is 0.179 e. The van der Waals surface area contributed by atoms with Crippen molar-refractivity contribution in [3.05, 3.63) is 22.6 Å². The Morgan fingerprint density at radius 2 is 2.44 bits per heavy atom. The van der Waals surface area contributed by atoms with Gasteiger partial charge in [-0.25, -0.2) is 4.98 Å². The monoisotopic (exact) mass is 263 g/mol. The number of aromatic amines is 1. The van der Waals surface area contributed by atoms with Gasteiger partial charge in [0.15, 0.2) is 10.4 Å². The Morgan fingerprint density at radius 3 is 3.22 bits per heavy atom. The zero-order chi connectivity index (χ0) is 12.5. The lowest BCUT2D eigenvalue weighted by Crippen LogP contribution is -2.22. The van der Waals surface area contributed by atoms with Crippen LogP contribution in [0.5, 0.6) is 0 Å². The fraction of sp³-hybridized carbons (Fsp3) is 0.538. The quantitative estimate of drug-likeness (QED) is 0.847. The van der Waals surface area contributed by atoms with Crippen molar-refractivity contribution in [3.8, 4) is 0 Å². The molecule has 1 fully saturated rings. The number of aryl methyl sites for hydroxylation is 1. The van der Waals surface area contributed by atoms with Gasteiger partial charge in [-0.2, -0.15) is 0 Å². The molecule has 1 aliphatic rings. The molecule has 0 aliphatic carbocycles. The van der Waals surface area contributed by atoms with Gasteiger partial charge in [-0.3, -0.25) is 0 Å². The largest absolute Gasteiger partial charge is 0.381 e. The van der Waals surface area contributed by atoms with Crippen molar-refractivity contribution < 1.29 is 4.74 Å². The van der Waals surface area contributed by atoms with Crippen molar-refractivity contribution in [3.63, 3.8) is 0 Å². The third-order valence-corrected chi connectivity index (χ3v) is 3.77. The minimum Gasteiger partial charge on any atom is -0.381 e. The molecule has 0 amide bonds. The van der Waals surface area contributed by atoms with Crippen molar-refractivity contribution >= 4 is 23.4 Å². The van der Waals surface area contributed by atoms with E-state index in [-0.39, 0.29) is 0 Å². The molecule has 1 aliphatic heterocycles. The summed E-state index contributed by atoms with van der Waals surface area (Å²) >= 11 is 5.39. The highest BCUT2D eigenvalue weighted by Crippen LogP contribution is 2.19. The van der Waals surface area contributed by atoms with Crippen LogP contribution in [0.4, 0.5) is 0 Å². The van der Waals surface area contributed by atoms with Crippen LogP contribution in [0.2, 0.25) is 0 Å². The Balaban J connectivity index is 1.97. The van der Waals surface area contributed by atoms with E-state index in [1.54, 1.807) is 0 Å². The standard InChI is InChI=1S/C13H17N3OS/c1-9-4-5-11-12(14-9)16(13(18)15-11)7-10-3-2-6-17-8-10/h4-5,10H,2-3,6-8H2,1H3,(H,15,18). The summed E-state index contributed by atoms with van der Waals surface area (Å²) < 4.78 is 8.39. The molecule has 1 unspecified atom stereocenters. The van der Waals surface area contributed by atoms with E-state index >= 15 is 0 Å². The lowest BCUT2D eigenvalue weighted by atomic mass is 10.0. The number of pyridine rings is 1. The van der Waals surface area contributed by atoms with Gasteiger partial charge in [0.05, 0.1) is 12.1 Å². The van der Waals surface area contributed by atoms with Crippen molar-refractivity contribution in [1.82, 2.24) is 14.5 Å². The van der Waals surface area contributed by atoms with E-state index in [2.05, 4.69) is 14.5 Å². The first-order valence-electron chi connectivity index (χ1n) is 6.38. The third kappa shape index (κ3) is 2.20. The van der Waals surface area contributed by atoms with Crippen LogP contribution in [0.1, 0.15) is 18.5 Å². The number of imidazole rings is 1. The molecule has 0 bridgehead atoms. The molecule has 0 aromatic carbocycles. The van der Waals surface area contributed by atoms with Gasteiger partial charge >= 0.3 is 0 Å². The SMILES string of the molecule is Cc1ccc2[nH]c(=S)n(CC3CCCOC3)c2n1. The minimum atomic E-state index is 0.548. The Kier molecular flexibility index (Phi) is 3.18. The summed E-state index contributed by atoms with van der Waals surface area (Å²) in [6.45, 7) is 4.63. The van der Waals surface area contributed by atoms with Crippen LogP contribution in [0, 0.1) is 17.6 Å². The Hall–Kier alpha value is -1.20. The van der Waals surface area contributed by atoms with Crippen LogP contribution in [-0.4, -0.2) is 27.7 Å². The number of aromatic nitrogens is 3. The molecule has 3 rings (SSSR count). The maximum absolute atomic E-state index is 5.53. The Labute approximate surface area is 111 Å². The first-order valence-corrected chi connectivity index (χ1v) is 6.79. The molecule has 3 heterocycles. The van der Waals surface area contributed by atoms with Gasteiger partial charge in [-0.05, 0) is 44.1 Å². The molecule has 0 radical (unpaired) electrons.